The highest BCUT2D eigenvalue weighted by Crippen LogP contribution is 2.33. The molecule has 2 aromatic rings. The third-order valence-electron chi connectivity index (χ3n) is 5.81. The fourth-order valence-electron chi connectivity index (χ4n) is 3.92. The molecule has 1 aromatic heterocycles. The number of ether oxygens (including phenoxy) is 2. The minimum Gasteiger partial charge on any atom is -0.493 e. The van der Waals surface area contributed by atoms with Crippen molar-refractivity contribution in [3.63, 3.8) is 0 Å². The van der Waals surface area contributed by atoms with Crippen molar-refractivity contribution >= 4 is 29.9 Å². The largest absolute Gasteiger partial charge is 0.493 e. The maximum absolute atomic E-state index is 5.48. The highest BCUT2D eigenvalue weighted by Gasteiger charge is 2.28. The number of likely N-dealkylation sites (tertiary alicyclic amines) is 1. The van der Waals surface area contributed by atoms with Gasteiger partial charge in [-0.25, -0.2) is 0 Å². The number of nitrogens with zero attached hydrogens (tertiary/aromatic N) is 4. The zero-order valence-electron chi connectivity index (χ0n) is 19.5. The summed E-state index contributed by atoms with van der Waals surface area (Å²) in [6.07, 6.45) is 5.23. The summed E-state index contributed by atoms with van der Waals surface area (Å²) < 4.78 is 12.7. The standard InChI is InChI=1S/C23H35N5O2.HI/c1-7-24-22(28-11-10-17(15-28)18-13-26-27(4)14-18)25-16-23(2,3)19-8-9-20(29-5)21(12-19)30-6;/h8-9,12-14,17H,7,10-11,15-16H2,1-6H3,(H,24,25);1H. The van der Waals surface area contributed by atoms with Gasteiger partial charge in [0.15, 0.2) is 17.5 Å². The van der Waals surface area contributed by atoms with Gasteiger partial charge in [-0.3, -0.25) is 9.67 Å². The van der Waals surface area contributed by atoms with Crippen molar-refractivity contribution in [2.75, 3.05) is 40.4 Å². The second-order valence-corrected chi connectivity index (χ2v) is 8.50. The van der Waals surface area contributed by atoms with E-state index in [0.29, 0.717) is 12.5 Å². The molecule has 0 saturated carbocycles. The summed E-state index contributed by atoms with van der Waals surface area (Å²) in [6.45, 7) is 10.0. The van der Waals surface area contributed by atoms with Crippen LogP contribution in [0.3, 0.4) is 0 Å². The molecular formula is C23H36IN5O2. The number of aryl methyl sites for hydroxylation is 1. The number of aliphatic imine (C=N–C) groups is 1. The molecule has 1 aliphatic heterocycles. The number of aromatic nitrogens is 2. The molecule has 8 heteroatoms. The van der Waals surface area contributed by atoms with Gasteiger partial charge < -0.3 is 19.7 Å². The smallest absolute Gasteiger partial charge is 0.193 e. The van der Waals surface area contributed by atoms with E-state index in [1.54, 1.807) is 14.2 Å². The second-order valence-electron chi connectivity index (χ2n) is 8.50. The first-order valence-electron chi connectivity index (χ1n) is 10.6. The van der Waals surface area contributed by atoms with Gasteiger partial charge in [0.25, 0.3) is 0 Å². The van der Waals surface area contributed by atoms with Crippen molar-refractivity contribution in [2.24, 2.45) is 12.0 Å². The van der Waals surface area contributed by atoms with Gasteiger partial charge in [0.05, 0.1) is 27.0 Å². The van der Waals surface area contributed by atoms with Gasteiger partial charge in [-0.15, -0.1) is 24.0 Å². The van der Waals surface area contributed by atoms with Crippen molar-refractivity contribution in [3.05, 3.63) is 41.7 Å². The summed E-state index contributed by atoms with van der Waals surface area (Å²) in [5.41, 5.74) is 2.35. The minimum absolute atomic E-state index is 0. The monoisotopic (exact) mass is 541 g/mol. The van der Waals surface area contributed by atoms with Gasteiger partial charge in [-0.2, -0.15) is 5.10 Å². The Balaban J connectivity index is 0.00000341. The molecule has 1 atom stereocenters. The summed E-state index contributed by atoms with van der Waals surface area (Å²) in [6, 6.07) is 6.11. The van der Waals surface area contributed by atoms with Crippen molar-refractivity contribution in [2.45, 2.75) is 38.5 Å². The molecule has 1 saturated heterocycles. The molecule has 1 N–H and O–H groups in total. The third kappa shape index (κ3) is 6.05. The highest BCUT2D eigenvalue weighted by molar-refractivity contribution is 14.0. The average molecular weight is 541 g/mol. The molecule has 7 nitrogen and oxygen atoms in total. The first-order valence-corrected chi connectivity index (χ1v) is 10.6. The molecule has 2 heterocycles. The van der Waals surface area contributed by atoms with Crippen LogP contribution in [0.4, 0.5) is 0 Å². The molecule has 0 amide bonds. The molecule has 0 bridgehead atoms. The van der Waals surface area contributed by atoms with E-state index in [2.05, 4.69) is 54.4 Å². The number of methoxy groups -OCH3 is 2. The molecule has 0 radical (unpaired) electrons. The van der Waals surface area contributed by atoms with E-state index in [-0.39, 0.29) is 29.4 Å². The lowest BCUT2D eigenvalue weighted by Crippen LogP contribution is -2.41. The first kappa shape index (κ1) is 25.3. The van der Waals surface area contributed by atoms with Gasteiger partial charge in [-0.1, -0.05) is 19.9 Å². The van der Waals surface area contributed by atoms with Crippen molar-refractivity contribution < 1.29 is 9.47 Å². The molecule has 31 heavy (non-hydrogen) atoms. The van der Waals surface area contributed by atoms with E-state index in [1.165, 1.54) is 11.1 Å². The van der Waals surface area contributed by atoms with Crippen molar-refractivity contribution in [1.29, 1.82) is 0 Å². The van der Waals surface area contributed by atoms with E-state index in [0.717, 1.165) is 43.5 Å². The molecule has 0 aliphatic carbocycles. The number of hydrogen-bond acceptors (Lipinski definition) is 4. The normalized spacial score (nSPS) is 16.8. The number of nitrogens with one attached hydrogen (secondary N) is 1. The number of benzene rings is 1. The highest BCUT2D eigenvalue weighted by atomic mass is 127. The van der Waals surface area contributed by atoms with Crippen LogP contribution in [0.2, 0.25) is 0 Å². The van der Waals surface area contributed by atoms with E-state index < -0.39 is 0 Å². The molecule has 0 spiro atoms. The molecule has 1 unspecified atom stereocenters. The van der Waals surface area contributed by atoms with Gasteiger partial charge in [0.2, 0.25) is 0 Å². The van der Waals surface area contributed by atoms with Gasteiger partial charge in [0, 0.05) is 44.2 Å². The Hall–Kier alpha value is -1.97. The molecular weight excluding hydrogens is 505 g/mol. The van der Waals surface area contributed by atoms with Crippen LogP contribution in [0.15, 0.2) is 35.6 Å². The van der Waals surface area contributed by atoms with Crippen LogP contribution < -0.4 is 14.8 Å². The Kier molecular flexibility index (Phi) is 9.02. The molecule has 1 aromatic carbocycles. The van der Waals surface area contributed by atoms with Gasteiger partial charge in [0.1, 0.15) is 0 Å². The lowest BCUT2D eigenvalue weighted by molar-refractivity contribution is 0.353. The average Bonchev–Trinajstić information content (AvgIpc) is 3.39. The van der Waals surface area contributed by atoms with Crippen molar-refractivity contribution in [3.8, 4) is 11.5 Å². The Bertz CT molecular complexity index is 881. The second kappa shape index (κ2) is 11.1. The number of guanidine groups is 1. The summed E-state index contributed by atoms with van der Waals surface area (Å²) in [5, 5.41) is 7.81. The van der Waals surface area contributed by atoms with E-state index in [9.17, 15) is 0 Å². The number of hydrogen-bond donors (Lipinski definition) is 1. The van der Waals surface area contributed by atoms with E-state index in [4.69, 9.17) is 14.5 Å². The van der Waals surface area contributed by atoms with Gasteiger partial charge >= 0.3 is 0 Å². The Morgan fingerprint density at radius 1 is 1.26 bits per heavy atom. The predicted octanol–water partition coefficient (Wildman–Crippen LogP) is 3.79. The molecule has 172 valence electrons. The maximum Gasteiger partial charge on any atom is 0.193 e. The maximum atomic E-state index is 5.48. The molecule has 1 aliphatic rings. The van der Waals surface area contributed by atoms with E-state index in [1.807, 2.05) is 24.0 Å². The first-order chi connectivity index (χ1) is 14.4. The zero-order valence-corrected chi connectivity index (χ0v) is 21.8. The topological polar surface area (TPSA) is 63.9 Å². The van der Waals surface area contributed by atoms with E-state index >= 15 is 0 Å². The summed E-state index contributed by atoms with van der Waals surface area (Å²) in [7, 11) is 5.30. The predicted molar refractivity (Wildman–Crippen MR) is 136 cm³/mol. The van der Waals surface area contributed by atoms with Crippen molar-refractivity contribution in [1.82, 2.24) is 20.0 Å². The summed E-state index contributed by atoms with van der Waals surface area (Å²) in [5.74, 6) is 2.98. The van der Waals surface area contributed by atoms with Crippen LogP contribution in [-0.4, -0.2) is 61.0 Å². The lowest BCUT2D eigenvalue weighted by atomic mass is 9.84. The Labute approximate surface area is 203 Å². The minimum atomic E-state index is -0.136. The Morgan fingerprint density at radius 3 is 2.61 bits per heavy atom. The number of halogens is 1. The Morgan fingerprint density at radius 2 is 2.00 bits per heavy atom. The van der Waals surface area contributed by atoms with Crippen LogP contribution in [0.1, 0.15) is 44.2 Å². The SMILES string of the molecule is CCNC(=NCC(C)(C)c1ccc(OC)c(OC)c1)N1CCC(c2cnn(C)c2)C1.I. The van der Waals surface area contributed by atoms with Crippen LogP contribution in [0, 0.1) is 0 Å². The molecule has 1 fully saturated rings. The third-order valence-corrected chi connectivity index (χ3v) is 5.81. The quantitative estimate of drug-likeness (QED) is 0.329. The van der Waals surface area contributed by atoms with Crippen LogP contribution in [-0.2, 0) is 12.5 Å². The summed E-state index contributed by atoms with van der Waals surface area (Å²) >= 11 is 0. The fraction of sp³-hybridized carbons (Fsp3) is 0.565. The summed E-state index contributed by atoms with van der Waals surface area (Å²) in [4.78, 5) is 7.38. The zero-order chi connectivity index (χ0) is 21.7. The van der Waals surface area contributed by atoms with Crippen LogP contribution in [0.5, 0.6) is 11.5 Å². The van der Waals surface area contributed by atoms with Crippen LogP contribution in [0.25, 0.3) is 0 Å². The fourth-order valence-corrected chi connectivity index (χ4v) is 3.92. The number of rotatable bonds is 7. The van der Waals surface area contributed by atoms with Crippen LogP contribution >= 0.6 is 24.0 Å². The molecule has 3 rings (SSSR count). The van der Waals surface area contributed by atoms with Gasteiger partial charge in [-0.05, 0) is 36.6 Å². The lowest BCUT2D eigenvalue weighted by Gasteiger charge is -2.27.